The molecule has 3 rings (SSSR count). The van der Waals surface area contributed by atoms with E-state index in [9.17, 15) is 18.0 Å². The van der Waals surface area contributed by atoms with E-state index in [4.69, 9.17) is 0 Å². The number of likely N-dealkylation sites (N-methyl/N-ethyl adjacent to an activating group) is 1. The third-order valence-corrected chi connectivity index (χ3v) is 6.39. The Kier molecular flexibility index (Phi) is 6.44. The minimum Gasteiger partial charge on any atom is -0.324 e. The van der Waals surface area contributed by atoms with Crippen molar-refractivity contribution in [1.29, 1.82) is 0 Å². The van der Waals surface area contributed by atoms with Crippen LogP contribution in [0, 0.1) is 6.92 Å². The Labute approximate surface area is 176 Å². The van der Waals surface area contributed by atoms with Crippen molar-refractivity contribution < 1.29 is 18.0 Å². The van der Waals surface area contributed by atoms with Gasteiger partial charge in [0.1, 0.15) is 0 Å². The fourth-order valence-electron chi connectivity index (χ4n) is 2.90. The maximum atomic E-state index is 12.8. The van der Waals surface area contributed by atoms with Crippen LogP contribution in [0.4, 0.5) is 5.69 Å². The normalized spacial score (nSPS) is 11.3. The van der Waals surface area contributed by atoms with Crippen molar-refractivity contribution >= 4 is 27.4 Å². The number of aryl methyl sites for hydroxylation is 1. The van der Waals surface area contributed by atoms with Crippen LogP contribution in [0.15, 0.2) is 83.8 Å². The van der Waals surface area contributed by atoms with Gasteiger partial charge in [-0.15, -0.1) is 0 Å². The number of para-hydroxylation sites is 1. The molecule has 0 heterocycles. The molecule has 0 aromatic heterocycles. The Balaban J connectivity index is 1.75. The first kappa shape index (κ1) is 21.4. The summed E-state index contributed by atoms with van der Waals surface area (Å²) in [5, 5.41) is 2.66. The summed E-state index contributed by atoms with van der Waals surface area (Å²) in [6, 6.07) is 21.8. The Morgan fingerprint density at radius 1 is 0.867 bits per heavy atom. The van der Waals surface area contributed by atoms with Gasteiger partial charge < -0.3 is 5.32 Å². The van der Waals surface area contributed by atoms with Gasteiger partial charge in [-0.25, -0.2) is 8.42 Å². The molecule has 1 amide bonds. The van der Waals surface area contributed by atoms with Gasteiger partial charge in [0.2, 0.25) is 15.9 Å². The van der Waals surface area contributed by atoms with Crippen LogP contribution in [-0.4, -0.2) is 38.0 Å². The van der Waals surface area contributed by atoms with E-state index >= 15 is 0 Å². The van der Waals surface area contributed by atoms with Crippen molar-refractivity contribution in [3.63, 3.8) is 0 Å². The number of carbonyl (C=O) groups is 2. The highest BCUT2D eigenvalue weighted by Gasteiger charge is 2.23. The Morgan fingerprint density at radius 2 is 1.47 bits per heavy atom. The first-order valence-electron chi connectivity index (χ1n) is 9.30. The summed E-state index contributed by atoms with van der Waals surface area (Å²) in [4.78, 5) is 25.4. The van der Waals surface area contributed by atoms with E-state index in [2.05, 4.69) is 5.32 Å². The maximum Gasteiger partial charge on any atom is 0.243 e. The van der Waals surface area contributed by atoms with Crippen LogP contribution < -0.4 is 5.32 Å². The lowest BCUT2D eigenvalue weighted by Crippen LogP contribution is -2.35. The number of benzene rings is 3. The highest BCUT2D eigenvalue weighted by Crippen LogP contribution is 2.20. The van der Waals surface area contributed by atoms with E-state index in [1.54, 1.807) is 60.7 Å². The summed E-state index contributed by atoms with van der Waals surface area (Å²) in [7, 11) is -2.46. The summed E-state index contributed by atoms with van der Waals surface area (Å²) in [6.45, 7) is 1.48. The molecule has 0 aliphatic rings. The minimum absolute atomic E-state index is 0.114. The first-order chi connectivity index (χ1) is 14.3. The molecule has 3 aromatic rings. The van der Waals surface area contributed by atoms with Crippen molar-refractivity contribution in [3.8, 4) is 0 Å². The van der Waals surface area contributed by atoms with E-state index in [-0.39, 0.29) is 17.2 Å². The zero-order valence-corrected chi connectivity index (χ0v) is 17.5. The average Bonchev–Trinajstić information content (AvgIpc) is 2.74. The predicted octanol–water partition coefficient (Wildman–Crippen LogP) is 3.49. The number of nitrogens with one attached hydrogen (secondary N) is 1. The van der Waals surface area contributed by atoms with E-state index in [1.807, 2.05) is 13.0 Å². The Hall–Kier alpha value is -3.29. The molecular formula is C23H22N2O4S. The number of anilines is 1. The minimum atomic E-state index is -3.81. The largest absolute Gasteiger partial charge is 0.324 e. The van der Waals surface area contributed by atoms with Gasteiger partial charge >= 0.3 is 0 Å². The van der Waals surface area contributed by atoms with Gasteiger partial charge in [0.05, 0.1) is 17.1 Å². The monoisotopic (exact) mass is 422 g/mol. The molecule has 0 saturated carbocycles. The predicted molar refractivity (Wildman–Crippen MR) is 116 cm³/mol. The average molecular weight is 423 g/mol. The SMILES string of the molecule is Cc1ccc(S(=O)(=O)N(C)CC(=O)Nc2ccccc2C(=O)c2ccccc2)cc1. The van der Waals surface area contributed by atoms with Gasteiger partial charge in [0, 0.05) is 18.2 Å². The molecule has 0 unspecified atom stereocenters. The second-order valence-electron chi connectivity index (χ2n) is 6.86. The van der Waals surface area contributed by atoms with E-state index in [0.29, 0.717) is 16.8 Å². The molecule has 0 fully saturated rings. The van der Waals surface area contributed by atoms with Crippen molar-refractivity contribution in [2.24, 2.45) is 0 Å². The van der Waals surface area contributed by atoms with Gasteiger partial charge in [0.15, 0.2) is 5.78 Å². The van der Waals surface area contributed by atoms with Crippen molar-refractivity contribution in [1.82, 2.24) is 4.31 Å². The second kappa shape index (κ2) is 9.02. The van der Waals surface area contributed by atoms with Crippen LogP contribution in [0.5, 0.6) is 0 Å². The molecular weight excluding hydrogens is 400 g/mol. The topological polar surface area (TPSA) is 83.6 Å². The molecule has 30 heavy (non-hydrogen) atoms. The summed E-state index contributed by atoms with van der Waals surface area (Å²) in [5.41, 5.74) is 2.10. The third kappa shape index (κ3) is 4.82. The number of carbonyl (C=O) groups excluding carboxylic acids is 2. The van der Waals surface area contributed by atoms with Crippen LogP contribution in [0.25, 0.3) is 0 Å². The molecule has 0 aliphatic heterocycles. The van der Waals surface area contributed by atoms with Gasteiger partial charge in [-0.3, -0.25) is 9.59 Å². The van der Waals surface area contributed by atoms with E-state index < -0.39 is 15.9 Å². The van der Waals surface area contributed by atoms with E-state index in [0.717, 1.165) is 9.87 Å². The van der Waals surface area contributed by atoms with Crippen LogP contribution in [0.1, 0.15) is 21.5 Å². The molecule has 0 atom stereocenters. The van der Waals surface area contributed by atoms with Gasteiger partial charge in [0.25, 0.3) is 0 Å². The smallest absolute Gasteiger partial charge is 0.243 e. The number of rotatable bonds is 7. The molecule has 7 heteroatoms. The van der Waals surface area contributed by atoms with Gasteiger partial charge in [-0.2, -0.15) is 4.31 Å². The number of ketones is 1. The number of sulfonamides is 1. The molecule has 0 saturated heterocycles. The summed E-state index contributed by atoms with van der Waals surface area (Å²) in [5.74, 6) is -0.770. The fraction of sp³-hybridized carbons (Fsp3) is 0.130. The zero-order valence-electron chi connectivity index (χ0n) is 16.7. The van der Waals surface area contributed by atoms with E-state index in [1.165, 1.54) is 19.2 Å². The first-order valence-corrected chi connectivity index (χ1v) is 10.7. The number of nitrogens with zero attached hydrogens (tertiary/aromatic N) is 1. The molecule has 154 valence electrons. The number of hydrogen-bond donors (Lipinski definition) is 1. The Bertz CT molecular complexity index is 1160. The number of hydrogen-bond acceptors (Lipinski definition) is 4. The lowest BCUT2D eigenvalue weighted by Gasteiger charge is -2.18. The zero-order chi connectivity index (χ0) is 21.7. The van der Waals surface area contributed by atoms with Crippen molar-refractivity contribution in [2.75, 3.05) is 18.9 Å². The van der Waals surface area contributed by atoms with Gasteiger partial charge in [-0.05, 0) is 31.2 Å². The summed E-state index contributed by atoms with van der Waals surface area (Å²) >= 11 is 0. The molecule has 3 aromatic carbocycles. The second-order valence-corrected chi connectivity index (χ2v) is 8.91. The molecule has 1 N–H and O–H groups in total. The quantitative estimate of drug-likeness (QED) is 0.591. The maximum absolute atomic E-state index is 12.8. The molecule has 0 radical (unpaired) electrons. The molecule has 0 spiro atoms. The fourth-order valence-corrected chi connectivity index (χ4v) is 4.03. The molecule has 6 nitrogen and oxygen atoms in total. The highest BCUT2D eigenvalue weighted by molar-refractivity contribution is 7.89. The highest BCUT2D eigenvalue weighted by atomic mass is 32.2. The standard InChI is InChI=1S/C23H22N2O4S/c1-17-12-14-19(15-13-17)30(28,29)25(2)16-22(26)24-21-11-7-6-10-20(21)23(27)18-8-4-3-5-9-18/h3-15H,16H2,1-2H3,(H,24,26). The summed E-state index contributed by atoms with van der Waals surface area (Å²) < 4.78 is 26.3. The number of amides is 1. The lowest BCUT2D eigenvalue weighted by atomic mass is 10.0. The van der Waals surface area contributed by atoms with Gasteiger partial charge in [-0.1, -0.05) is 60.2 Å². The van der Waals surface area contributed by atoms with Crippen LogP contribution in [0.2, 0.25) is 0 Å². The van der Waals surface area contributed by atoms with Crippen molar-refractivity contribution in [2.45, 2.75) is 11.8 Å². The van der Waals surface area contributed by atoms with Crippen LogP contribution in [-0.2, 0) is 14.8 Å². The molecule has 0 aliphatic carbocycles. The molecule has 0 bridgehead atoms. The van der Waals surface area contributed by atoms with Crippen LogP contribution >= 0.6 is 0 Å². The van der Waals surface area contributed by atoms with Crippen LogP contribution in [0.3, 0.4) is 0 Å². The third-order valence-electron chi connectivity index (χ3n) is 4.58. The lowest BCUT2D eigenvalue weighted by molar-refractivity contribution is -0.116. The Morgan fingerprint density at radius 3 is 2.13 bits per heavy atom. The summed E-state index contributed by atoms with van der Waals surface area (Å²) in [6.07, 6.45) is 0. The van der Waals surface area contributed by atoms with Crippen molar-refractivity contribution in [3.05, 3.63) is 95.6 Å².